The van der Waals surface area contributed by atoms with Crippen LogP contribution in [0.1, 0.15) is 28.7 Å². The molecule has 1 fully saturated rings. The van der Waals surface area contributed by atoms with E-state index >= 15 is 0 Å². The van der Waals surface area contributed by atoms with Gasteiger partial charge in [0.25, 0.3) is 0 Å². The van der Waals surface area contributed by atoms with Crippen LogP contribution in [0.3, 0.4) is 0 Å². The summed E-state index contributed by atoms with van der Waals surface area (Å²) in [5.74, 6) is -1.61. The topological polar surface area (TPSA) is 65.7 Å². The Kier molecular flexibility index (Phi) is 4.17. The van der Waals surface area contributed by atoms with Crippen LogP contribution in [0.4, 0.5) is 17.6 Å². The minimum Gasteiger partial charge on any atom is -0.497 e. The number of aliphatic hydroxyl groups is 1. The van der Waals surface area contributed by atoms with Crippen LogP contribution in [0, 0.1) is 0 Å². The third-order valence-electron chi connectivity index (χ3n) is 4.74. The molecule has 2 heterocycles. The Morgan fingerprint density at radius 2 is 1.89 bits per heavy atom. The van der Waals surface area contributed by atoms with Gasteiger partial charge in [0.05, 0.1) is 38.1 Å². The quantitative estimate of drug-likeness (QED) is 0.819. The number of halogens is 4. The zero-order valence-corrected chi connectivity index (χ0v) is 14.2. The van der Waals surface area contributed by atoms with Gasteiger partial charge in [-0.2, -0.15) is 18.3 Å². The highest BCUT2D eigenvalue weighted by Crippen LogP contribution is 2.54. The van der Waals surface area contributed by atoms with Crippen LogP contribution in [0.5, 0.6) is 5.75 Å². The second-order valence-corrected chi connectivity index (χ2v) is 6.32. The molecule has 2 aromatic rings. The van der Waals surface area contributed by atoms with E-state index < -0.39 is 35.5 Å². The van der Waals surface area contributed by atoms with Crippen LogP contribution in [-0.2, 0) is 28.0 Å². The molecule has 1 saturated heterocycles. The highest BCUT2D eigenvalue weighted by molar-refractivity contribution is 5.42. The van der Waals surface area contributed by atoms with Gasteiger partial charge in [-0.3, -0.25) is 4.68 Å². The minimum absolute atomic E-state index is 0.0514. The predicted molar refractivity (Wildman–Crippen MR) is 82.8 cm³/mol. The van der Waals surface area contributed by atoms with Crippen molar-refractivity contribution in [1.82, 2.24) is 9.78 Å². The summed E-state index contributed by atoms with van der Waals surface area (Å²) in [4.78, 5) is 0. The van der Waals surface area contributed by atoms with E-state index in [0.717, 1.165) is 4.68 Å². The van der Waals surface area contributed by atoms with Crippen LogP contribution in [-0.4, -0.2) is 41.3 Å². The number of aliphatic hydroxyl groups excluding tert-OH is 1. The molecule has 6 nitrogen and oxygen atoms in total. The number of nitrogens with zero attached hydrogens (tertiary/aromatic N) is 2. The number of fused-ring (bicyclic) bond motifs is 2. The zero-order valence-electron chi connectivity index (χ0n) is 14.2. The average molecular weight is 388 g/mol. The van der Waals surface area contributed by atoms with Crippen LogP contribution in [0.15, 0.2) is 24.3 Å². The first-order valence-electron chi connectivity index (χ1n) is 8.19. The summed E-state index contributed by atoms with van der Waals surface area (Å²) in [6.07, 6.45) is -8.89. The molecule has 0 radical (unpaired) electrons. The molecule has 0 saturated carbocycles. The van der Waals surface area contributed by atoms with Gasteiger partial charge in [0, 0.05) is 0 Å². The van der Waals surface area contributed by atoms with Crippen LogP contribution in [0.2, 0.25) is 0 Å². The van der Waals surface area contributed by atoms with Crippen molar-refractivity contribution < 1.29 is 36.9 Å². The summed E-state index contributed by atoms with van der Waals surface area (Å²) >= 11 is 0. The van der Waals surface area contributed by atoms with Crippen molar-refractivity contribution in [3.8, 4) is 5.75 Å². The summed E-state index contributed by atoms with van der Waals surface area (Å²) < 4.78 is 72.0. The van der Waals surface area contributed by atoms with E-state index in [4.69, 9.17) is 14.2 Å². The molecule has 4 rings (SSSR count). The van der Waals surface area contributed by atoms with E-state index in [1.54, 1.807) is 24.3 Å². The van der Waals surface area contributed by atoms with E-state index in [9.17, 15) is 22.7 Å². The lowest BCUT2D eigenvalue weighted by molar-refractivity contribution is -0.237. The smallest absolute Gasteiger partial charge is 0.435 e. The Morgan fingerprint density at radius 3 is 2.44 bits per heavy atom. The van der Waals surface area contributed by atoms with Crippen LogP contribution in [0.25, 0.3) is 0 Å². The van der Waals surface area contributed by atoms with Gasteiger partial charge in [-0.15, -0.1) is 0 Å². The Morgan fingerprint density at radius 1 is 1.26 bits per heavy atom. The molecule has 27 heavy (non-hydrogen) atoms. The molecule has 146 valence electrons. The van der Waals surface area contributed by atoms with Crippen molar-refractivity contribution in [2.45, 2.75) is 30.8 Å². The molecule has 1 aromatic carbocycles. The molecule has 0 amide bonds. The van der Waals surface area contributed by atoms with E-state index in [0.29, 0.717) is 11.3 Å². The van der Waals surface area contributed by atoms with Gasteiger partial charge in [-0.05, 0) is 17.7 Å². The number of rotatable bonds is 3. The highest BCUT2D eigenvalue weighted by atomic mass is 19.4. The number of hydrogen-bond donors (Lipinski definition) is 1. The van der Waals surface area contributed by atoms with E-state index in [1.807, 2.05) is 0 Å². The number of aromatic nitrogens is 2. The monoisotopic (exact) mass is 388 g/mol. The molecule has 0 bridgehead atoms. The Bertz CT molecular complexity index is 844. The maximum Gasteiger partial charge on any atom is 0.435 e. The van der Waals surface area contributed by atoms with Gasteiger partial charge in [0.15, 0.2) is 11.9 Å². The number of alkyl halides is 4. The summed E-state index contributed by atoms with van der Waals surface area (Å²) in [6, 6.07) is 6.54. The zero-order chi connectivity index (χ0) is 19.4. The molecule has 2 aliphatic rings. The largest absolute Gasteiger partial charge is 0.497 e. The molecular weight excluding hydrogens is 372 g/mol. The first-order valence-corrected chi connectivity index (χ1v) is 8.19. The fourth-order valence-electron chi connectivity index (χ4n) is 3.55. The molecule has 1 aliphatic carbocycles. The predicted octanol–water partition coefficient (Wildman–Crippen LogP) is 2.54. The Labute approximate surface area is 151 Å². The number of ether oxygens (including phenoxy) is 3. The van der Waals surface area contributed by atoms with E-state index in [-0.39, 0.29) is 25.5 Å². The fraction of sp³-hybridized carbons (Fsp3) is 0.471. The minimum atomic E-state index is -4.86. The maximum absolute atomic E-state index is 14.8. The van der Waals surface area contributed by atoms with Crippen LogP contribution >= 0.6 is 0 Å². The number of methoxy groups -OCH3 is 1. The third-order valence-corrected chi connectivity index (χ3v) is 4.74. The Balaban J connectivity index is 1.82. The van der Waals surface area contributed by atoms with E-state index in [1.165, 1.54) is 7.11 Å². The standard InChI is InChI=1S/C17H16F4N2O4/c1-25-10-4-2-9(3-5-10)8-23-13-11(14(22-23)17(19,20)21)16(15(24)12(13)18)26-6-7-27-16/h2-5,12,15,24H,6-8H2,1H3. The van der Waals surface area contributed by atoms with E-state index in [2.05, 4.69) is 5.10 Å². The molecule has 2 atom stereocenters. The molecule has 1 aliphatic heterocycles. The number of benzene rings is 1. The van der Waals surface area contributed by atoms with Gasteiger partial charge in [0.1, 0.15) is 11.9 Å². The van der Waals surface area contributed by atoms with Crippen molar-refractivity contribution in [1.29, 1.82) is 0 Å². The van der Waals surface area contributed by atoms with Gasteiger partial charge in [-0.25, -0.2) is 4.39 Å². The summed E-state index contributed by atoms with van der Waals surface area (Å²) in [5.41, 5.74) is -1.69. The second kappa shape index (κ2) is 6.18. The molecule has 1 spiro atoms. The van der Waals surface area contributed by atoms with Crippen molar-refractivity contribution in [2.75, 3.05) is 20.3 Å². The molecule has 1 aromatic heterocycles. The van der Waals surface area contributed by atoms with Gasteiger partial charge in [0.2, 0.25) is 5.79 Å². The van der Waals surface area contributed by atoms with Crippen molar-refractivity contribution in [3.63, 3.8) is 0 Å². The summed E-state index contributed by atoms with van der Waals surface area (Å²) in [7, 11) is 1.49. The summed E-state index contributed by atoms with van der Waals surface area (Å²) in [6.45, 7) is -0.222. The fourth-order valence-corrected chi connectivity index (χ4v) is 3.55. The SMILES string of the molecule is COc1ccc(Cn2nc(C(F)(F)F)c3c2C(F)C(O)C32OCCO2)cc1. The normalized spacial score (nSPS) is 23.8. The van der Waals surface area contributed by atoms with Gasteiger partial charge < -0.3 is 19.3 Å². The highest BCUT2D eigenvalue weighted by Gasteiger charge is 2.63. The summed E-state index contributed by atoms with van der Waals surface area (Å²) in [5, 5.41) is 13.9. The van der Waals surface area contributed by atoms with Crippen molar-refractivity contribution >= 4 is 0 Å². The van der Waals surface area contributed by atoms with Crippen molar-refractivity contribution in [3.05, 3.63) is 46.8 Å². The average Bonchev–Trinajstić information content (AvgIpc) is 3.30. The van der Waals surface area contributed by atoms with Gasteiger partial charge in [-0.1, -0.05) is 12.1 Å². The molecule has 2 unspecified atom stereocenters. The lowest BCUT2D eigenvalue weighted by Gasteiger charge is -2.27. The van der Waals surface area contributed by atoms with Crippen molar-refractivity contribution in [2.24, 2.45) is 0 Å². The Hall–Kier alpha value is -2.17. The lowest BCUT2D eigenvalue weighted by atomic mass is 10.1. The molecule has 10 heteroatoms. The maximum atomic E-state index is 14.8. The molecular formula is C17H16F4N2O4. The molecule has 1 N–H and O–H groups in total. The first kappa shape index (κ1) is 18.2. The third kappa shape index (κ3) is 2.70. The second-order valence-electron chi connectivity index (χ2n) is 6.32. The first-order chi connectivity index (χ1) is 12.8. The number of hydrogen-bond acceptors (Lipinski definition) is 5. The van der Waals surface area contributed by atoms with Gasteiger partial charge >= 0.3 is 6.18 Å². The van der Waals surface area contributed by atoms with Crippen LogP contribution < -0.4 is 4.74 Å². The lowest BCUT2D eigenvalue weighted by Crippen LogP contribution is -2.39.